The molecular weight excluding hydrogens is 636 g/mol. The Morgan fingerprint density at radius 3 is 2.55 bits per heavy atom. The number of nitrogens with one attached hydrogen (secondary N) is 1. The average Bonchev–Trinajstić information content (AvgIpc) is 3.06. The van der Waals surface area contributed by atoms with Crippen LogP contribution in [0.2, 0.25) is 10.0 Å². The van der Waals surface area contributed by atoms with Crippen LogP contribution in [0.4, 0.5) is 4.79 Å². The van der Waals surface area contributed by atoms with E-state index in [4.69, 9.17) is 31.0 Å². The standard InChI is InChI=1S/C32H33B3Cl2N6O4/c33-31(45)41-32(40-21-35-47)38-12-3-6-27-19-42(13-11-22-7-8-23-4-1-2-5-24(23)16-22)14-15-43(27)30(44)29(39-20-34-46)17-25-9-10-26(36)18-28(25)37/h1-2,4-5,7-10,16,18,20-21,27,29H,3,6,11-15,17,19H2,(H,38,41,45)/t27-,29+/m0/s1. The van der Waals surface area contributed by atoms with E-state index in [0.29, 0.717) is 62.4 Å². The number of fused-ring (bicyclic) bond motifs is 1. The molecule has 1 aliphatic rings. The van der Waals surface area contributed by atoms with E-state index >= 15 is 0 Å². The molecule has 0 unspecified atom stereocenters. The molecule has 2 radical (unpaired) electrons. The first kappa shape index (κ1) is 36.0. The first-order valence-corrected chi connectivity index (χ1v) is 16.0. The number of carbonyl (C=O) groups excluding carboxylic acids is 2. The predicted octanol–water partition coefficient (Wildman–Crippen LogP) is 3.98. The van der Waals surface area contributed by atoms with Gasteiger partial charge in [-0.2, -0.15) is 0 Å². The summed E-state index contributed by atoms with van der Waals surface area (Å²) in [7, 11) is 6.21. The molecule has 1 N–H and O–H groups in total. The van der Waals surface area contributed by atoms with Crippen LogP contribution >= 0.6 is 23.2 Å². The van der Waals surface area contributed by atoms with Gasteiger partial charge in [-0.1, -0.05) is 30.3 Å². The third-order valence-corrected chi connectivity index (χ3v) is 8.46. The van der Waals surface area contributed by atoms with Gasteiger partial charge in [-0.25, -0.2) is 0 Å². The number of amides is 2. The van der Waals surface area contributed by atoms with Crippen LogP contribution in [0.5, 0.6) is 0 Å². The normalized spacial score (nSPS) is 16.3. The Morgan fingerprint density at radius 2 is 1.81 bits per heavy atom. The molecule has 4 rings (SSSR count). The summed E-state index contributed by atoms with van der Waals surface area (Å²) in [4.78, 5) is 41.9. The zero-order chi connectivity index (χ0) is 33.6. The van der Waals surface area contributed by atoms with Crippen LogP contribution in [-0.2, 0) is 27.0 Å². The van der Waals surface area contributed by atoms with Crippen molar-refractivity contribution in [2.75, 3.05) is 32.7 Å². The Kier molecular flexibility index (Phi) is 14.2. The zero-order valence-electron chi connectivity index (χ0n) is 25.8. The van der Waals surface area contributed by atoms with E-state index in [1.807, 2.05) is 17.0 Å². The molecule has 0 aliphatic carbocycles. The van der Waals surface area contributed by atoms with Crippen molar-refractivity contribution in [2.45, 2.75) is 37.8 Å². The summed E-state index contributed by atoms with van der Waals surface area (Å²) >= 11 is 12.5. The third kappa shape index (κ3) is 11.2. The molecule has 0 aromatic heterocycles. The van der Waals surface area contributed by atoms with Crippen molar-refractivity contribution in [3.05, 3.63) is 81.8 Å². The number of halogens is 2. The van der Waals surface area contributed by atoms with Gasteiger partial charge in [-0.15, -0.1) is 0 Å². The zero-order valence-corrected chi connectivity index (χ0v) is 27.3. The fraction of sp³-hybridized carbons (Fsp3) is 0.344. The molecule has 2 atom stereocenters. The number of nitrogens with zero attached hydrogens (tertiary/aromatic N) is 5. The van der Waals surface area contributed by atoms with Gasteiger partial charge in [-0.05, 0) is 10.8 Å². The topological polar surface area (TPSA) is 124 Å². The van der Waals surface area contributed by atoms with Gasteiger partial charge in [-0.3, -0.25) is 0 Å². The third-order valence-electron chi connectivity index (χ3n) is 7.87. The second-order valence-electron chi connectivity index (χ2n) is 11.1. The fourth-order valence-corrected chi connectivity index (χ4v) is 6.09. The molecular formula is C32H33B3Cl2N6O4. The Bertz CT molecular complexity index is 1670. The molecule has 238 valence electrons. The van der Waals surface area contributed by atoms with Crippen molar-refractivity contribution < 1.29 is 19.0 Å². The van der Waals surface area contributed by atoms with E-state index in [1.165, 1.54) is 16.3 Å². The molecule has 2 amide bonds. The van der Waals surface area contributed by atoms with Crippen molar-refractivity contribution in [1.29, 1.82) is 0 Å². The summed E-state index contributed by atoms with van der Waals surface area (Å²) in [6, 6.07) is 18.8. The van der Waals surface area contributed by atoms with Gasteiger partial charge in [0.15, 0.2) is 0 Å². The van der Waals surface area contributed by atoms with Gasteiger partial charge >= 0.3 is 246 Å². The number of rotatable bonds is 13. The minimum absolute atomic E-state index is 0.0682. The van der Waals surface area contributed by atoms with E-state index in [2.05, 4.69) is 55.5 Å². The fourth-order valence-electron chi connectivity index (χ4n) is 5.61. The molecule has 3 aromatic rings. The maximum absolute atomic E-state index is 14.1. The number of guanidine groups is 1. The second-order valence-corrected chi connectivity index (χ2v) is 11.9. The van der Waals surface area contributed by atoms with Crippen molar-refractivity contribution in [2.24, 2.45) is 15.0 Å². The first-order chi connectivity index (χ1) is 22.8. The molecule has 15 heteroatoms. The average molecular weight is 669 g/mol. The number of benzene rings is 3. The van der Waals surface area contributed by atoms with Crippen molar-refractivity contribution in [3.63, 3.8) is 0 Å². The van der Waals surface area contributed by atoms with E-state index in [-0.39, 0.29) is 30.9 Å². The summed E-state index contributed by atoms with van der Waals surface area (Å²) in [5.74, 6) is -1.12. The van der Waals surface area contributed by atoms with Gasteiger partial charge in [0.1, 0.15) is 0 Å². The Labute approximate surface area is 286 Å². The summed E-state index contributed by atoms with van der Waals surface area (Å²) < 4.78 is 21.9. The van der Waals surface area contributed by atoms with Crippen LogP contribution in [0, 0.1) is 0 Å². The number of piperazine rings is 1. The van der Waals surface area contributed by atoms with Crippen LogP contribution in [0.1, 0.15) is 24.0 Å². The predicted molar refractivity (Wildman–Crippen MR) is 189 cm³/mol. The van der Waals surface area contributed by atoms with Crippen LogP contribution in [-0.4, -0.2) is 107 Å². The Hall–Kier alpha value is -3.80. The van der Waals surface area contributed by atoms with Gasteiger partial charge in [0.25, 0.3) is 0 Å². The van der Waals surface area contributed by atoms with Crippen LogP contribution in [0.3, 0.4) is 0 Å². The quantitative estimate of drug-likeness (QED) is 0.128. The summed E-state index contributed by atoms with van der Waals surface area (Å²) in [5, 5.41) is 5.59. The molecule has 1 fully saturated rings. The number of carbonyl (C=O) groups is 2. The number of hydrogen-bond donors (Lipinski definition) is 1. The summed E-state index contributed by atoms with van der Waals surface area (Å²) in [5.41, 5.74) is 1.93. The van der Waals surface area contributed by atoms with Gasteiger partial charge in [0.2, 0.25) is 0 Å². The molecule has 1 saturated heterocycles. The van der Waals surface area contributed by atoms with Crippen LogP contribution in [0.15, 0.2) is 75.6 Å². The maximum atomic E-state index is 14.1. The molecule has 10 nitrogen and oxygen atoms in total. The van der Waals surface area contributed by atoms with E-state index < -0.39 is 11.8 Å². The molecule has 47 heavy (non-hydrogen) atoms. The SMILES string of the molecule is [B]C(=O)NC(N=CB=O)=NCCC[C@H]1CN(CCc2ccc3ccccc3c2)CCN1C(=O)[C@@H](Cc1ccc(Cl)cc1Cl)N=CB=O. The van der Waals surface area contributed by atoms with Gasteiger partial charge < -0.3 is 0 Å². The molecule has 1 heterocycles. The molecule has 0 spiro atoms. The van der Waals surface area contributed by atoms with E-state index in [0.717, 1.165) is 25.2 Å². The first-order valence-electron chi connectivity index (χ1n) is 15.3. The summed E-state index contributed by atoms with van der Waals surface area (Å²) in [6.07, 6.45) is 4.27. The number of hydrogen-bond acceptors (Lipinski definition) is 7. The van der Waals surface area contributed by atoms with Crippen molar-refractivity contribution in [3.8, 4) is 0 Å². The van der Waals surface area contributed by atoms with E-state index in [9.17, 15) is 19.0 Å². The van der Waals surface area contributed by atoms with Crippen LogP contribution < -0.4 is 5.32 Å². The van der Waals surface area contributed by atoms with Gasteiger partial charge in [0, 0.05) is 0 Å². The minimum atomic E-state index is -0.854. The molecule has 0 bridgehead atoms. The van der Waals surface area contributed by atoms with Gasteiger partial charge in [0.05, 0.1) is 0 Å². The monoisotopic (exact) mass is 668 g/mol. The number of aliphatic imine (C=N–C) groups is 3. The van der Waals surface area contributed by atoms with Crippen LogP contribution in [0.25, 0.3) is 10.8 Å². The van der Waals surface area contributed by atoms with Crippen molar-refractivity contribution in [1.82, 2.24) is 15.1 Å². The molecule has 1 aliphatic heterocycles. The Balaban J connectivity index is 1.50. The second kappa shape index (κ2) is 18.5. The van der Waals surface area contributed by atoms with Crippen molar-refractivity contribution >= 4 is 86.0 Å². The molecule has 0 saturated carbocycles. The summed E-state index contributed by atoms with van der Waals surface area (Å²) in [6.45, 7) is 2.87. The van der Waals surface area contributed by atoms with E-state index in [1.54, 1.807) is 18.2 Å². The Morgan fingerprint density at radius 1 is 1.02 bits per heavy atom. The molecule has 3 aromatic carbocycles.